The molecule has 1 aliphatic rings. The number of carbonyl (C=O) groups excluding carboxylic acids is 2. The molecular weight excluding hydrogens is 468 g/mol. The number of methoxy groups -OCH3 is 1. The van der Waals surface area contributed by atoms with Gasteiger partial charge in [0.2, 0.25) is 5.91 Å². The molecule has 1 aromatic heterocycles. The Kier molecular flexibility index (Phi) is 8.29. The number of hydrogen-bond acceptors (Lipinski definition) is 6. The zero-order chi connectivity index (χ0) is 26.4. The Bertz CT molecular complexity index is 1330. The number of aromatic nitrogens is 1. The molecule has 2 amide bonds. The zero-order valence-corrected chi connectivity index (χ0v) is 21.0. The smallest absolute Gasteiger partial charge is 0.269 e. The van der Waals surface area contributed by atoms with Gasteiger partial charge in [0.25, 0.3) is 5.91 Å². The van der Waals surface area contributed by atoms with Crippen molar-refractivity contribution in [3.8, 4) is 28.5 Å². The number of nitriles is 1. The average Bonchev–Trinajstić information content (AvgIpc) is 3.30. The maximum atomic E-state index is 13.0. The third-order valence-corrected chi connectivity index (χ3v) is 6.53. The summed E-state index contributed by atoms with van der Waals surface area (Å²) in [6.07, 6.45) is 0.722. The van der Waals surface area contributed by atoms with Crippen molar-refractivity contribution < 1.29 is 19.4 Å². The number of hydrogen-bond donors (Lipinski definition) is 2. The van der Waals surface area contributed by atoms with Gasteiger partial charge in [-0.2, -0.15) is 5.26 Å². The molecule has 0 saturated heterocycles. The molecule has 1 aliphatic heterocycles. The van der Waals surface area contributed by atoms with E-state index in [4.69, 9.17) is 15.0 Å². The number of benzene rings is 2. The highest BCUT2D eigenvalue weighted by Crippen LogP contribution is 2.42. The van der Waals surface area contributed by atoms with Gasteiger partial charge in [-0.25, -0.2) is 4.98 Å². The Morgan fingerprint density at radius 1 is 1.16 bits per heavy atom. The maximum absolute atomic E-state index is 13.0. The normalized spacial score (nSPS) is 14.2. The minimum absolute atomic E-state index is 0.0157. The fraction of sp³-hybridized carbons (Fsp3) is 0.310. The van der Waals surface area contributed by atoms with Crippen LogP contribution >= 0.6 is 0 Å². The van der Waals surface area contributed by atoms with Crippen LogP contribution in [0, 0.1) is 11.3 Å². The largest absolute Gasteiger partial charge is 0.396 e. The number of rotatable bonds is 9. The summed E-state index contributed by atoms with van der Waals surface area (Å²) in [4.78, 5) is 32.3. The zero-order valence-electron chi connectivity index (χ0n) is 21.0. The van der Waals surface area contributed by atoms with Gasteiger partial charge in [0.05, 0.1) is 30.0 Å². The van der Waals surface area contributed by atoms with Gasteiger partial charge in [-0.05, 0) is 47.4 Å². The van der Waals surface area contributed by atoms with E-state index in [0.717, 1.165) is 27.8 Å². The fourth-order valence-corrected chi connectivity index (χ4v) is 4.72. The summed E-state index contributed by atoms with van der Waals surface area (Å²) in [6, 6.07) is 18.7. The van der Waals surface area contributed by atoms with Crippen molar-refractivity contribution in [3.63, 3.8) is 0 Å². The van der Waals surface area contributed by atoms with Crippen LogP contribution in [-0.4, -0.2) is 53.7 Å². The lowest BCUT2D eigenvalue weighted by molar-refractivity contribution is -0.133. The summed E-state index contributed by atoms with van der Waals surface area (Å²) in [6.45, 7) is 2.83. The Hall–Kier alpha value is -4.06. The minimum atomic E-state index is -0.334. The van der Waals surface area contributed by atoms with E-state index in [1.807, 2.05) is 43.3 Å². The molecule has 8 nitrogen and oxygen atoms in total. The molecule has 0 aliphatic carbocycles. The molecule has 8 heteroatoms. The van der Waals surface area contributed by atoms with Crippen molar-refractivity contribution in [1.29, 1.82) is 5.26 Å². The molecule has 3 aromatic rings. The van der Waals surface area contributed by atoms with Crippen LogP contribution in [0.2, 0.25) is 0 Å². The number of aliphatic hydroxyl groups excluding tert-OH is 1. The summed E-state index contributed by atoms with van der Waals surface area (Å²) in [5.41, 5.74) is 5.87. The number of amides is 2. The van der Waals surface area contributed by atoms with Crippen molar-refractivity contribution >= 4 is 11.8 Å². The number of ether oxygens (including phenoxy) is 1. The van der Waals surface area contributed by atoms with Crippen LogP contribution in [0.15, 0.2) is 54.6 Å². The van der Waals surface area contributed by atoms with Crippen molar-refractivity contribution in [3.05, 3.63) is 77.0 Å². The van der Waals surface area contributed by atoms with E-state index in [-0.39, 0.29) is 30.2 Å². The first-order chi connectivity index (χ1) is 18.0. The summed E-state index contributed by atoms with van der Waals surface area (Å²) in [7, 11) is 1.57. The highest BCUT2D eigenvalue weighted by Gasteiger charge is 2.36. The monoisotopic (exact) mass is 498 g/mol. The Morgan fingerprint density at radius 3 is 2.59 bits per heavy atom. The van der Waals surface area contributed by atoms with E-state index in [2.05, 4.69) is 11.4 Å². The number of carbonyl (C=O) groups is 2. The number of nitrogens with zero attached hydrogens (tertiary/aromatic N) is 3. The van der Waals surface area contributed by atoms with Crippen LogP contribution in [0.3, 0.4) is 0 Å². The molecule has 0 fully saturated rings. The van der Waals surface area contributed by atoms with Crippen molar-refractivity contribution in [2.24, 2.45) is 0 Å². The highest BCUT2D eigenvalue weighted by molar-refractivity contribution is 5.94. The molecule has 0 bridgehead atoms. The number of aliphatic hydroxyl groups is 1. The van der Waals surface area contributed by atoms with Crippen LogP contribution in [0.25, 0.3) is 22.4 Å². The minimum Gasteiger partial charge on any atom is -0.396 e. The van der Waals surface area contributed by atoms with Crippen molar-refractivity contribution in [1.82, 2.24) is 15.2 Å². The van der Waals surface area contributed by atoms with Gasteiger partial charge >= 0.3 is 0 Å². The van der Waals surface area contributed by atoms with Gasteiger partial charge in [0.1, 0.15) is 5.69 Å². The second kappa shape index (κ2) is 11.8. The van der Waals surface area contributed by atoms with Crippen LogP contribution in [0.4, 0.5) is 0 Å². The van der Waals surface area contributed by atoms with E-state index in [9.17, 15) is 14.7 Å². The highest BCUT2D eigenvalue weighted by atomic mass is 16.5. The lowest BCUT2D eigenvalue weighted by Gasteiger charge is -2.25. The quantitative estimate of drug-likeness (QED) is 0.433. The van der Waals surface area contributed by atoms with E-state index < -0.39 is 0 Å². The molecule has 2 N–H and O–H groups in total. The van der Waals surface area contributed by atoms with Crippen molar-refractivity contribution in [2.75, 3.05) is 26.9 Å². The van der Waals surface area contributed by atoms with Crippen LogP contribution in [-0.2, 0) is 16.1 Å². The van der Waals surface area contributed by atoms with Crippen LogP contribution < -0.4 is 5.32 Å². The Labute approximate surface area is 216 Å². The standard InChI is InChI=1S/C29H30N4O4/c1-3-26(35)33-18-23-16-24(29(36)31-12-14-37-2)32-28(27(23)25(33)11-13-34)22-6-4-5-21(15-22)20-9-7-19(17-30)8-10-20/h4-10,15-16,25,34H,3,11-14,18H2,1-2H3,(H,31,36)/t25-/m0/s1. The molecule has 0 spiro atoms. The van der Waals surface area contributed by atoms with Crippen molar-refractivity contribution in [2.45, 2.75) is 32.4 Å². The van der Waals surface area contributed by atoms with E-state index >= 15 is 0 Å². The Balaban J connectivity index is 1.83. The molecule has 37 heavy (non-hydrogen) atoms. The summed E-state index contributed by atoms with van der Waals surface area (Å²) in [5, 5.41) is 21.8. The molecule has 0 saturated carbocycles. The third-order valence-electron chi connectivity index (χ3n) is 6.53. The summed E-state index contributed by atoms with van der Waals surface area (Å²) in [5.74, 6) is -0.332. The summed E-state index contributed by atoms with van der Waals surface area (Å²) >= 11 is 0. The van der Waals surface area contributed by atoms with Gasteiger partial charge in [-0.1, -0.05) is 37.3 Å². The SMILES string of the molecule is CCC(=O)N1Cc2cc(C(=O)NCCOC)nc(-c3cccc(-c4ccc(C#N)cc4)c3)c2[C@@H]1CCO. The van der Waals surface area contributed by atoms with Gasteiger partial charge in [-0.15, -0.1) is 0 Å². The van der Waals surface area contributed by atoms with Crippen LogP contribution in [0.1, 0.15) is 53.0 Å². The summed E-state index contributed by atoms with van der Waals surface area (Å²) < 4.78 is 5.04. The van der Waals surface area contributed by atoms with Gasteiger partial charge in [-0.3, -0.25) is 9.59 Å². The first-order valence-electron chi connectivity index (χ1n) is 12.3. The maximum Gasteiger partial charge on any atom is 0.269 e. The second-order valence-corrected chi connectivity index (χ2v) is 8.85. The molecule has 0 radical (unpaired) electrons. The lowest BCUT2D eigenvalue weighted by Crippen LogP contribution is -2.29. The van der Waals surface area contributed by atoms with Crippen LogP contribution in [0.5, 0.6) is 0 Å². The van der Waals surface area contributed by atoms with Gasteiger partial charge in [0.15, 0.2) is 0 Å². The molecule has 1 atom stereocenters. The predicted octanol–water partition coefficient (Wildman–Crippen LogP) is 3.84. The average molecular weight is 499 g/mol. The second-order valence-electron chi connectivity index (χ2n) is 8.85. The van der Waals surface area contributed by atoms with E-state index in [0.29, 0.717) is 43.8 Å². The molecule has 0 unspecified atom stereocenters. The predicted molar refractivity (Wildman–Crippen MR) is 139 cm³/mol. The topological polar surface area (TPSA) is 116 Å². The Morgan fingerprint density at radius 2 is 1.92 bits per heavy atom. The molecular formula is C29H30N4O4. The molecule has 2 heterocycles. The number of fused-ring (bicyclic) bond motifs is 1. The lowest BCUT2D eigenvalue weighted by atomic mass is 9.93. The molecule has 190 valence electrons. The van der Waals surface area contributed by atoms with E-state index in [1.54, 1.807) is 30.2 Å². The first-order valence-corrected chi connectivity index (χ1v) is 12.3. The first kappa shape index (κ1) is 26.0. The van der Waals surface area contributed by atoms with E-state index in [1.165, 1.54) is 0 Å². The number of pyridine rings is 1. The van der Waals surface area contributed by atoms with Gasteiger partial charge < -0.3 is 20.1 Å². The van der Waals surface area contributed by atoms with Gasteiger partial charge in [0, 0.05) is 44.4 Å². The number of nitrogens with one attached hydrogen (secondary N) is 1. The third kappa shape index (κ3) is 5.53. The fourth-order valence-electron chi connectivity index (χ4n) is 4.72. The molecule has 4 rings (SSSR count). The molecule has 2 aromatic carbocycles.